The number of carbonyl (C=O) groups is 3. The molecule has 172 valence electrons. The van der Waals surface area contributed by atoms with Crippen molar-refractivity contribution in [3.05, 3.63) is 55.5 Å². The SMILES string of the molecule is O=C(CC(=O)c1c(Cl)ccc(NS(=O)O)c1Cl)CC(=O)c1c(Cl)ccc(NS(=O)O)c1Cl. The Balaban J connectivity index is 2.22. The molecule has 0 fully saturated rings. The second-order valence-corrected chi connectivity index (χ2v) is 8.98. The summed E-state index contributed by atoms with van der Waals surface area (Å²) in [5.41, 5.74) is -0.657. The summed E-state index contributed by atoms with van der Waals surface area (Å²) in [6.45, 7) is 0. The number of ketones is 3. The standard InChI is InChI=1S/C17H12Cl4N2O7S2/c18-8-1-3-10(22-31(27)28)16(20)14(8)12(25)5-7(24)6-13(26)15-9(19)2-4-11(17(15)21)23-32(29)30/h1-4,22-23H,5-6H2,(H,27,28)(H,29,30). The summed E-state index contributed by atoms with van der Waals surface area (Å²) in [7, 11) is 0. The van der Waals surface area contributed by atoms with Crippen LogP contribution in [-0.4, -0.2) is 34.9 Å². The lowest BCUT2D eigenvalue weighted by atomic mass is 9.99. The molecule has 2 unspecified atom stereocenters. The summed E-state index contributed by atoms with van der Waals surface area (Å²) in [5, 5.41) is -0.748. The normalized spacial score (nSPS) is 12.7. The molecule has 0 saturated carbocycles. The summed E-state index contributed by atoms with van der Waals surface area (Å²) in [5.74, 6) is -2.46. The van der Waals surface area contributed by atoms with Gasteiger partial charge in [-0.25, -0.2) is 8.42 Å². The number of Topliss-reactive ketones (excluding diaryl/α,β-unsaturated/α-hetero) is 3. The van der Waals surface area contributed by atoms with E-state index in [4.69, 9.17) is 55.5 Å². The summed E-state index contributed by atoms with van der Waals surface area (Å²) in [6.07, 6.45) is -1.52. The molecule has 9 nitrogen and oxygen atoms in total. The maximum atomic E-state index is 12.6. The molecule has 2 aromatic rings. The smallest absolute Gasteiger partial charge is 0.259 e. The van der Waals surface area contributed by atoms with E-state index in [1.165, 1.54) is 24.3 Å². The van der Waals surface area contributed by atoms with Crippen molar-refractivity contribution in [3.63, 3.8) is 0 Å². The molecule has 0 heterocycles. The summed E-state index contributed by atoms with van der Waals surface area (Å²) in [6, 6.07) is 5.03. The predicted octanol–water partition coefficient (Wildman–Crippen LogP) is 4.81. The average molecular weight is 562 g/mol. The number of hydrogen-bond donors (Lipinski definition) is 4. The van der Waals surface area contributed by atoms with Crippen molar-refractivity contribution in [1.29, 1.82) is 0 Å². The Morgan fingerprint density at radius 2 is 1.06 bits per heavy atom. The van der Waals surface area contributed by atoms with Crippen molar-refractivity contribution in [2.24, 2.45) is 0 Å². The molecule has 15 heteroatoms. The van der Waals surface area contributed by atoms with Gasteiger partial charge in [-0.05, 0) is 24.3 Å². The fourth-order valence-electron chi connectivity index (χ4n) is 2.56. The molecule has 0 spiro atoms. The van der Waals surface area contributed by atoms with Gasteiger partial charge in [-0.1, -0.05) is 46.4 Å². The number of halogens is 4. The van der Waals surface area contributed by atoms with Crippen molar-refractivity contribution in [2.45, 2.75) is 12.8 Å². The highest BCUT2D eigenvalue weighted by molar-refractivity contribution is 7.80. The molecule has 0 radical (unpaired) electrons. The average Bonchev–Trinajstić information content (AvgIpc) is 2.66. The molecule has 4 N–H and O–H groups in total. The summed E-state index contributed by atoms with van der Waals surface area (Å²) >= 11 is 19.1. The molecular weight excluding hydrogens is 550 g/mol. The molecular formula is C17H12Cl4N2O7S2. The Kier molecular flexibility index (Phi) is 9.61. The lowest BCUT2D eigenvalue weighted by Gasteiger charge is -2.12. The van der Waals surface area contributed by atoms with Crippen molar-refractivity contribution >= 4 is 97.7 Å². The van der Waals surface area contributed by atoms with Gasteiger partial charge in [-0.2, -0.15) is 0 Å². The van der Waals surface area contributed by atoms with Gasteiger partial charge in [0.05, 0.1) is 55.4 Å². The third-order valence-corrected chi connectivity index (χ3v) is 6.05. The molecule has 0 aromatic heterocycles. The van der Waals surface area contributed by atoms with Crippen LogP contribution in [0.2, 0.25) is 20.1 Å². The van der Waals surface area contributed by atoms with Crippen LogP contribution in [0.3, 0.4) is 0 Å². The van der Waals surface area contributed by atoms with Gasteiger partial charge in [-0.3, -0.25) is 32.9 Å². The summed E-state index contributed by atoms with van der Waals surface area (Å²) < 4.78 is 43.9. The van der Waals surface area contributed by atoms with Crippen molar-refractivity contribution in [1.82, 2.24) is 0 Å². The van der Waals surface area contributed by atoms with Crippen LogP contribution >= 0.6 is 46.4 Å². The van der Waals surface area contributed by atoms with E-state index in [2.05, 4.69) is 9.44 Å². The third-order valence-electron chi connectivity index (χ3n) is 3.85. The predicted molar refractivity (Wildman–Crippen MR) is 125 cm³/mol. The van der Waals surface area contributed by atoms with E-state index in [-0.39, 0.29) is 42.6 Å². The molecule has 0 aliphatic rings. The quantitative estimate of drug-likeness (QED) is 0.184. The topological polar surface area (TPSA) is 150 Å². The molecule has 2 aromatic carbocycles. The molecule has 0 saturated heterocycles. The Hall–Kier alpha value is -1.57. The molecule has 2 rings (SSSR count). The van der Waals surface area contributed by atoms with E-state index < -0.39 is 52.7 Å². The van der Waals surface area contributed by atoms with Gasteiger partial charge in [0.25, 0.3) is 22.5 Å². The summed E-state index contributed by atoms with van der Waals surface area (Å²) in [4.78, 5) is 37.5. The Morgan fingerprint density at radius 3 is 1.38 bits per heavy atom. The molecule has 0 aliphatic heterocycles. The highest BCUT2D eigenvalue weighted by Crippen LogP contribution is 2.34. The first-order valence-electron chi connectivity index (χ1n) is 8.21. The van der Waals surface area contributed by atoms with Gasteiger partial charge < -0.3 is 0 Å². The van der Waals surface area contributed by atoms with Crippen LogP contribution in [0.25, 0.3) is 0 Å². The van der Waals surface area contributed by atoms with Crippen molar-refractivity contribution in [2.75, 3.05) is 9.44 Å². The highest BCUT2D eigenvalue weighted by Gasteiger charge is 2.25. The van der Waals surface area contributed by atoms with Gasteiger partial charge in [0.2, 0.25) is 0 Å². The fourth-order valence-corrected chi connectivity index (χ4v) is 4.65. The molecule has 0 bridgehead atoms. The number of nitrogens with one attached hydrogen (secondary N) is 2. The van der Waals surface area contributed by atoms with Gasteiger partial charge in [0.1, 0.15) is 5.78 Å². The Morgan fingerprint density at radius 1 is 0.719 bits per heavy atom. The number of benzene rings is 2. The van der Waals surface area contributed by atoms with E-state index >= 15 is 0 Å². The molecule has 0 aliphatic carbocycles. The van der Waals surface area contributed by atoms with E-state index in [9.17, 15) is 22.8 Å². The van der Waals surface area contributed by atoms with Gasteiger partial charge in [-0.15, -0.1) is 0 Å². The Labute approximate surface area is 206 Å². The van der Waals surface area contributed by atoms with Gasteiger partial charge >= 0.3 is 0 Å². The molecule has 2 atom stereocenters. The number of carbonyl (C=O) groups excluding carboxylic acids is 3. The zero-order valence-corrected chi connectivity index (χ0v) is 20.1. The second-order valence-electron chi connectivity index (χ2n) is 6.01. The Bertz CT molecular complexity index is 1070. The van der Waals surface area contributed by atoms with Crippen molar-refractivity contribution < 1.29 is 31.9 Å². The minimum absolute atomic E-state index is 0.0621. The second kappa shape index (κ2) is 11.5. The zero-order chi connectivity index (χ0) is 24.2. The maximum absolute atomic E-state index is 12.6. The number of rotatable bonds is 10. The molecule has 0 amide bonds. The lowest BCUT2D eigenvalue weighted by Crippen LogP contribution is -2.15. The first-order chi connectivity index (χ1) is 14.9. The monoisotopic (exact) mass is 560 g/mol. The van der Waals surface area contributed by atoms with Crippen LogP contribution in [0.1, 0.15) is 33.6 Å². The maximum Gasteiger partial charge on any atom is 0.259 e. The van der Waals surface area contributed by atoms with Crippen LogP contribution in [0.4, 0.5) is 11.4 Å². The largest absolute Gasteiger partial charge is 0.299 e. The van der Waals surface area contributed by atoms with Crippen LogP contribution < -0.4 is 9.44 Å². The first kappa shape index (κ1) is 26.7. The lowest BCUT2D eigenvalue weighted by molar-refractivity contribution is -0.117. The zero-order valence-electron chi connectivity index (χ0n) is 15.5. The van der Waals surface area contributed by atoms with E-state index in [1.807, 2.05) is 0 Å². The molecule has 32 heavy (non-hydrogen) atoms. The van der Waals surface area contributed by atoms with Gasteiger partial charge in [0.15, 0.2) is 11.6 Å². The van der Waals surface area contributed by atoms with Crippen LogP contribution in [-0.2, 0) is 27.3 Å². The minimum atomic E-state index is -2.47. The van der Waals surface area contributed by atoms with Crippen LogP contribution in [0.5, 0.6) is 0 Å². The number of anilines is 2. The fraction of sp³-hybridized carbons (Fsp3) is 0.118. The third kappa shape index (κ3) is 6.72. The van der Waals surface area contributed by atoms with Crippen LogP contribution in [0, 0.1) is 0 Å². The van der Waals surface area contributed by atoms with Crippen LogP contribution in [0.15, 0.2) is 24.3 Å². The highest BCUT2D eigenvalue weighted by atomic mass is 35.5. The number of hydrogen-bond acceptors (Lipinski definition) is 5. The van der Waals surface area contributed by atoms with Gasteiger partial charge in [0, 0.05) is 0 Å². The van der Waals surface area contributed by atoms with E-state index in [0.29, 0.717) is 0 Å². The van der Waals surface area contributed by atoms with Crippen molar-refractivity contribution in [3.8, 4) is 0 Å². The minimum Gasteiger partial charge on any atom is -0.299 e. The van der Waals surface area contributed by atoms with E-state index in [1.54, 1.807) is 0 Å². The van der Waals surface area contributed by atoms with E-state index in [0.717, 1.165) is 0 Å². The first-order valence-corrected chi connectivity index (χ1v) is 11.9.